The predicted octanol–water partition coefficient (Wildman–Crippen LogP) is 6.92. The number of rotatable bonds is 11. The van der Waals surface area contributed by atoms with Gasteiger partial charge in [0, 0.05) is 0 Å². The molecule has 0 spiro atoms. The van der Waals surface area contributed by atoms with Crippen molar-refractivity contribution in [3.63, 3.8) is 0 Å². The van der Waals surface area contributed by atoms with E-state index in [1.807, 2.05) is 18.2 Å². The third kappa shape index (κ3) is 6.23. The van der Waals surface area contributed by atoms with Crippen molar-refractivity contribution >= 4 is 0 Å². The molecule has 0 atom stereocenters. The molecule has 2 aromatic carbocycles. The van der Waals surface area contributed by atoms with Crippen LogP contribution in [-0.2, 0) is 6.42 Å². The van der Waals surface area contributed by atoms with Crippen molar-refractivity contribution in [1.82, 2.24) is 0 Å². The molecule has 2 aromatic rings. The molecule has 26 heavy (non-hydrogen) atoms. The maximum atomic E-state index is 9.47. The molecule has 138 valence electrons. The van der Waals surface area contributed by atoms with Gasteiger partial charge in [-0.3, -0.25) is 0 Å². The van der Waals surface area contributed by atoms with Gasteiger partial charge in [0.1, 0.15) is 11.8 Å². The van der Waals surface area contributed by atoms with Crippen molar-refractivity contribution in [1.29, 1.82) is 5.26 Å². The average Bonchev–Trinajstić information content (AvgIpc) is 2.68. The summed E-state index contributed by atoms with van der Waals surface area (Å²) >= 11 is 0. The third-order valence-corrected chi connectivity index (χ3v) is 4.71. The van der Waals surface area contributed by atoms with E-state index >= 15 is 0 Å². The number of hydrogen-bond donors (Lipinski definition) is 0. The molecule has 2 rings (SSSR count). The lowest BCUT2D eigenvalue weighted by Gasteiger charge is -2.10. The van der Waals surface area contributed by atoms with Gasteiger partial charge in [-0.15, -0.1) is 0 Å². The van der Waals surface area contributed by atoms with E-state index in [2.05, 4.69) is 44.2 Å². The van der Waals surface area contributed by atoms with Crippen molar-refractivity contribution < 1.29 is 4.74 Å². The number of nitrogens with zero attached hydrogens (tertiary/aromatic N) is 1. The first kappa shape index (κ1) is 20.0. The van der Waals surface area contributed by atoms with Crippen molar-refractivity contribution in [2.45, 2.75) is 65.2 Å². The highest BCUT2D eigenvalue weighted by Crippen LogP contribution is 2.27. The molecule has 0 saturated carbocycles. The van der Waals surface area contributed by atoms with E-state index in [1.165, 1.54) is 44.1 Å². The lowest BCUT2D eigenvalue weighted by Crippen LogP contribution is -1.99. The van der Waals surface area contributed by atoms with Crippen LogP contribution >= 0.6 is 0 Å². The highest BCUT2D eigenvalue weighted by Gasteiger charge is 2.07. The molecule has 0 heterocycles. The van der Waals surface area contributed by atoms with Crippen molar-refractivity contribution in [3.8, 4) is 22.9 Å². The van der Waals surface area contributed by atoms with Crippen LogP contribution in [0.3, 0.4) is 0 Å². The van der Waals surface area contributed by atoms with Gasteiger partial charge < -0.3 is 4.74 Å². The van der Waals surface area contributed by atoms with E-state index in [0.29, 0.717) is 17.9 Å². The smallest absolute Gasteiger partial charge is 0.137 e. The number of benzene rings is 2. The van der Waals surface area contributed by atoms with E-state index in [4.69, 9.17) is 4.74 Å². The van der Waals surface area contributed by atoms with Crippen LogP contribution in [0.4, 0.5) is 0 Å². The van der Waals surface area contributed by atoms with Crippen molar-refractivity contribution in [2.75, 3.05) is 6.61 Å². The Morgan fingerprint density at radius 1 is 0.808 bits per heavy atom. The van der Waals surface area contributed by atoms with Crippen LogP contribution in [0, 0.1) is 11.3 Å². The maximum Gasteiger partial charge on any atom is 0.137 e. The highest BCUT2D eigenvalue weighted by atomic mass is 16.5. The van der Waals surface area contributed by atoms with Crippen LogP contribution in [0.2, 0.25) is 0 Å². The molecular formula is C24H31NO. The zero-order valence-electron chi connectivity index (χ0n) is 16.3. The molecule has 0 aliphatic heterocycles. The first-order chi connectivity index (χ1) is 12.8. The van der Waals surface area contributed by atoms with Gasteiger partial charge in [0.15, 0.2) is 0 Å². The van der Waals surface area contributed by atoms with Gasteiger partial charge in [0.05, 0.1) is 12.2 Å². The van der Waals surface area contributed by atoms with Crippen LogP contribution in [0.1, 0.15) is 69.9 Å². The first-order valence-corrected chi connectivity index (χ1v) is 10.0. The summed E-state index contributed by atoms with van der Waals surface area (Å²) in [6.45, 7) is 5.11. The van der Waals surface area contributed by atoms with Gasteiger partial charge in [-0.05, 0) is 48.1 Å². The zero-order chi connectivity index (χ0) is 18.6. The number of aryl methyl sites for hydroxylation is 1. The summed E-state index contributed by atoms with van der Waals surface area (Å²) < 4.78 is 5.82. The lowest BCUT2D eigenvalue weighted by atomic mass is 10.00. The second-order valence-corrected chi connectivity index (χ2v) is 6.89. The predicted molar refractivity (Wildman–Crippen MR) is 109 cm³/mol. The van der Waals surface area contributed by atoms with E-state index in [0.717, 1.165) is 24.0 Å². The molecule has 0 saturated heterocycles. The second kappa shape index (κ2) is 11.4. The third-order valence-electron chi connectivity index (χ3n) is 4.71. The molecule has 0 fully saturated rings. The average molecular weight is 350 g/mol. The molecular weight excluding hydrogens is 318 g/mol. The largest absolute Gasteiger partial charge is 0.492 e. The summed E-state index contributed by atoms with van der Waals surface area (Å²) in [5.74, 6) is 0.698. The Labute approximate surface area is 158 Å². The van der Waals surface area contributed by atoms with Crippen LogP contribution in [-0.4, -0.2) is 6.61 Å². The topological polar surface area (TPSA) is 33.0 Å². The van der Waals surface area contributed by atoms with Gasteiger partial charge in [-0.2, -0.15) is 5.26 Å². The minimum absolute atomic E-state index is 0.616. The Kier molecular flexibility index (Phi) is 8.76. The molecule has 2 heteroatoms. The Morgan fingerprint density at radius 3 is 2.19 bits per heavy atom. The molecule has 2 nitrogen and oxygen atoms in total. The number of ether oxygens (including phenoxy) is 1. The summed E-state index contributed by atoms with van der Waals surface area (Å²) in [4.78, 5) is 0. The summed E-state index contributed by atoms with van der Waals surface area (Å²) in [7, 11) is 0. The molecule has 0 amide bonds. The fourth-order valence-electron chi connectivity index (χ4n) is 3.08. The monoisotopic (exact) mass is 349 g/mol. The van der Waals surface area contributed by atoms with E-state index < -0.39 is 0 Å². The minimum atomic E-state index is 0.616. The van der Waals surface area contributed by atoms with Crippen molar-refractivity contribution in [2.24, 2.45) is 0 Å². The minimum Gasteiger partial charge on any atom is -0.492 e. The summed E-state index contributed by atoms with van der Waals surface area (Å²) in [6, 6.07) is 16.9. The van der Waals surface area contributed by atoms with Gasteiger partial charge in [0.25, 0.3) is 0 Å². The van der Waals surface area contributed by atoms with E-state index in [9.17, 15) is 5.26 Å². The highest BCUT2D eigenvalue weighted by molar-refractivity contribution is 5.67. The molecule has 0 N–H and O–H groups in total. The normalized spacial score (nSPS) is 10.5. The Bertz CT molecular complexity index is 697. The van der Waals surface area contributed by atoms with Crippen LogP contribution < -0.4 is 4.74 Å². The Hall–Kier alpha value is -2.27. The van der Waals surface area contributed by atoms with Crippen LogP contribution in [0.5, 0.6) is 5.75 Å². The van der Waals surface area contributed by atoms with Crippen molar-refractivity contribution in [3.05, 3.63) is 53.6 Å². The summed E-state index contributed by atoms with van der Waals surface area (Å²) in [5, 5.41) is 9.47. The molecule has 0 radical (unpaired) electrons. The second-order valence-electron chi connectivity index (χ2n) is 6.89. The van der Waals surface area contributed by atoms with Gasteiger partial charge in [-0.1, -0.05) is 76.3 Å². The first-order valence-electron chi connectivity index (χ1n) is 10.0. The quantitative estimate of drug-likeness (QED) is 0.413. The molecule has 0 bridgehead atoms. The number of unbranched alkanes of at least 4 members (excludes halogenated alkanes) is 5. The van der Waals surface area contributed by atoms with Gasteiger partial charge in [-0.25, -0.2) is 0 Å². The molecule has 0 aliphatic rings. The fraction of sp³-hybridized carbons (Fsp3) is 0.458. The maximum absolute atomic E-state index is 9.47. The van der Waals surface area contributed by atoms with E-state index in [-0.39, 0.29) is 0 Å². The SMILES string of the molecule is CCCCCCOc1ccc(-c2ccc(CCCCC)cc2)cc1C#N. The summed E-state index contributed by atoms with van der Waals surface area (Å²) in [5.41, 5.74) is 4.22. The standard InChI is InChI=1S/C24H31NO/c1-3-5-7-9-17-26-24-16-15-22(18-23(24)19-25)21-13-11-20(12-14-21)10-8-6-4-2/h11-16,18H,3-10,17H2,1-2H3. The van der Waals surface area contributed by atoms with Gasteiger partial charge >= 0.3 is 0 Å². The molecule has 0 aliphatic carbocycles. The van der Waals surface area contributed by atoms with E-state index in [1.54, 1.807) is 0 Å². The number of hydrogen-bond acceptors (Lipinski definition) is 2. The Balaban J connectivity index is 2.00. The van der Waals surface area contributed by atoms with Crippen LogP contribution in [0.25, 0.3) is 11.1 Å². The van der Waals surface area contributed by atoms with Crippen LogP contribution in [0.15, 0.2) is 42.5 Å². The number of nitriles is 1. The van der Waals surface area contributed by atoms with Gasteiger partial charge in [0.2, 0.25) is 0 Å². The zero-order valence-corrected chi connectivity index (χ0v) is 16.3. The fourth-order valence-corrected chi connectivity index (χ4v) is 3.08. The molecule has 0 unspecified atom stereocenters. The Morgan fingerprint density at radius 2 is 1.50 bits per heavy atom. The molecule has 0 aromatic heterocycles. The lowest BCUT2D eigenvalue weighted by molar-refractivity contribution is 0.304. The summed E-state index contributed by atoms with van der Waals surface area (Å²) in [6.07, 6.45) is 9.61.